The van der Waals surface area contributed by atoms with Crippen LogP contribution in [0.5, 0.6) is 5.75 Å². The van der Waals surface area contributed by atoms with Crippen LogP contribution in [0.25, 0.3) is 10.9 Å². The van der Waals surface area contributed by atoms with Gasteiger partial charge < -0.3 is 19.4 Å². The summed E-state index contributed by atoms with van der Waals surface area (Å²) in [6.45, 7) is 9.51. The van der Waals surface area contributed by atoms with E-state index >= 15 is 0 Å². The second kappa shape index (κ2) is 9.45. The molecule has 38 heavy (non-hydrogen) atoms. The van der Waals surface area contributed by atoms with Gasteiger partial charge in [-0.05, 0) is 57.4 Å². The number of piperidine rings is 2. The van der Waals surface area contributed by atoms with E-state index in [0.29, 0.717) is 19.6 Å². The van der Waals surface area contributed by atoms with Crippen molar-refractivity contribution < 1.29 is 19.1 Å². The lowest BCUT2D eigenvalue weighted by atomic mass is 9.69. The maximum Gasteiger partial charge on any atom is 0.302 e. The summed E-state index contributed by atoms with van der Waals surface area (Å²) >= 11 is 0. The van der Waals surface area contributed by atoms with Crippen molar-refractivity contribution in [1.82, 2.24) is 14.8 Å². The number of carbonyl (C=O) groups is 2. The number of rotatable bonds is 4. The first kappa shape index (κ1) is 25.0. The number of ether oxygens (including phenoxy) is 2. The van der Waals surface area contributed by atoms with E-state index < -0.39 is 0 Å². The minimum atomic E-state index is -0.237. The maximum atomic E-state index is 13.4. The minimum absolute atomic E-state index is 0.0650. The van der Waals surface area contributed by atoms with Crippen LogP contribution in [0.2, 0.25) is 0 Å². The van der Waals surface area contributed by atoms with Crippen molar-refractivity contribution >= 4 is 22.8 Å². The van der Waals surface area contributed by atoms with E-state index in [0.717, 1.165) is 61.0 Å². The summed E-state index contributed by atoms with van der Waals surface area (Å²) in [6.07, 6.45) is 5.23. The topological polar surface area (TPSA) is 74.9 Å². The number of aromatic amines is 1. The summed E-state index contributed by atoms with van der Waals surface area (Å²) < 4.78 is 12.3. The molecule has 4 heterocycles. The zero-order chi connectivity index (χ0) is 26.5. The Morgan fingerprint density at radius 2 is 1.82 bits per heavy atom. The Morgan fingerprint density at radius 1 is 1.05 bits per heavy atom. The first-order valence-corrected chi connectivity index (χ1v) is 13.8. The lowest BCUT2D eigenvalue weighted by Crippen LogP contribution is -2.56. The molecule has 0 saturated carbocycles. The third-order valence-corrected chi connectivity index (χ3v) is 8.77. The van der Waals surface area contributed by atoms with E-state index in [1.165, 1.54) is 18.1 Å². The number of carbonyl (C=O) groups excluding carboxylic acids is 2. The predicted molar refractivity (Wildman–Crippen MR) is 146 cm³/mol. The molecule has 2 saturated heterocycles. The number of para-hydroxylation sites is 2. The highest BCUT2D eigenvalue weighted by Gasteiger charge is 2.47. The molecule has 3 aliphatic rings. The van der Waals surface area contributed by atoms with Gasteiger partial charge in [-0.3, -0.25) is 14.5 Å². The molecule has 2 fully saturated rings. The van der Waals surface area contributed by atoms with Gasteiger partial charge in [-0.25, -0.2) is 0 Å². The average Bonchev–Trinajstić information content (AvgIpc) is 3.49. The minimum Gasteiger partial charge on any atom is -0.487 e. The zero-order valence-corrected chi connectivity index (χ0v) is 22.6. The average molecular weight is 516 g/mol. The van der Waals surface area contributed by atoms with Gasteiger partial charge in [0, 0.05) is 62.1 Å². The Hall–Kier alpha value is -3.32. The van der Waals surface area contributed by atoms with Crippen LogP contribution in [-0.4, -0.2) is 64.5 Å². The Morgan fingerprint density at radius 3 is 2.61 bits per heavy atom. The lowest BCUT2D eigenvalue weighted by molar-refractivity contribution is -0.164. The molecule has 200 valence electrons. The van der Waals surface area contributed by atoms with Gasteiger partial charge in [0.1, 0.15) is 17.5 Å². The zero-order valence-electron chi connectivity index (χ0n) is 22.6. The van der Waals surface area contributed by atoms with Gasteiger partial charge in [-0.15, -0.1) is 0 Å². The Kier molecular flexibility index (Phi) is 6.22. The second-order valence-corrected chi connectivity index (χ2v) is 11.9. The van der Waals surface area contributed by atoms with E-state index in [2.05, 4.69) is 41.9 Å². The number of fused-ring (bicyclic) bond motifs is 2. The molecule has 1 unspecified atom stereocenters. The summed E-state index contributed by atoms with van der Waals surface area (Å²) in [5.74, 6) is 0.847. The monoisotopic (exact) mass is 515 g/mol. The smallest absolute Gasteiger partial charge is 0.302 e. The fourth-order valence-electron chi connectivity index (χ4n) is 6.77. The number of esters is 1. The maximum absolute atomic E-state index is 13.4. The molecule has 1 N–H and O–H groups in total. The van der Waals surface area contributed by atoms with Crippen LogP contribution in [0, 0.1) is 5.41 Å². The summed E-state index contributed by atoms with van der Waals surface area (Å²) in [5.41, 5.74) is 3.80. The molecule has 0 bridgehead atoms. The van der Waals surface area contributed by atoms with Crippen LogP contribution < -0.4 is 4.74 Å². The quantitative estimate of drug-likeness (QED) is 0.498. The van der Waals surface area contributed by atoms with Gasteiger partial charge >= 0.3 is 5.97 Å². The number of nitrogens with one attached hydrogen (secondary N) is 1. The van der Waals surface area contributed by atoms with E-state index in [9.17, 15) is 9.59 Å². The van der Waals surface area contributed by atoms with E-state index in [1.54, 1.807) is 0 Å². The van der Waals surface area contributed by atoms with Crippen molar-refractivity contribution in [2.24, 2.45) is 5.41 Å². The van der Waals surface area contributed by atoms with Crippen molar-refractivity contribution in [2.45, 2.75) is 64.7 Å². The largest absolute Gasteiger partial charge is 0.487 e. The summed E-state index contributed by atoms with van der Waals surface area (Å²) in [5, 5.41) is 1.05. The third kappa shape index (κ3) is 4.57. The molecule has 1 spiro atoms. The van der Waals surface area contributed by atoms with Crippen molar-refractivity contribution in [3.05, 3.63) is 65.4 Å². The summed E-state index contributed by atoms with van der Waals surface area (Å²) in [7, 11) is 0. The Balaban J connectivity index is 1.15. The summed E-state index contributed by atoms with van der Waals surface area (Å²) in [6, 6.07) is 14.3. The number of nitrogens with zero attached hydrogens (tertiary/aromatic N) is 2. The number of hydrogen-bond donors (Lipinski definition) is 1. The number of benzene rings is 2. The van der Waals surface area contributed by atoms with E-state index in [1.807, 2.05) is 35.4 Å². The standard InChI is InChI=1S/C31H37N3O4/c1-21(35)37-26-20-33(19-24-8-4-7-23-18-30(2,3)38-28(23)24)15-11-31(26)12-16-34(17-13-31)29(36)25-9-5-6-22-10-14-32-27(22)25/h4-10,14,26,32H,11-13,15-20H2,1-3H3. The SMILES string of the molecule is CC(=O)OC1CN(Cc2cccc3c2OC(C)(C)C3)CCC12CCN(C(=O)c1cccc3cc[nH]c13)CC2. The molecule has 6 rings (SSSR count). The molecule has 0 radical (unpaired) electrons. The van der Waals surface area contributed by atoms with Gasteiger partial charge in [0.2, 0.25) is 0 Å². The van der Waals surface area contributed by atoms with Gasteiger partial charge in [-0.1, -0.05) is 30.3 Å². The van der Waals surface area contributed by atoms with Crippen molar-refractivity contribution in [3.63, 3.8) is 0 Å². The highest BCUT2D eigenvalue weighted by Crippen LogP contribution is 2.44. The van der Waals surface area contributed by atoms with E-state index in [-0.39, 0.29) is 29.0 Å². The molecule has 3 aliphatic heterocycles. The molecule has 3 aromatic rings. The number of likely N-dealkylation sites (tertiary alicyclic amines) is 2. The van der Waals surface area contributed by atoms with Gasteiger partial charge in [0.25, 0.3) is 5.91 Å². The fourth-order valence-corrected chi connectivity index (χ4v) is 6.77. The molecule has 1 atom stereocenters. The fraction of sp³-hybridized carbons (Fsp3) is 0.484. The molecule has 0 aliphatic carbocycles. The van der Waals surface area contributed by atoms with Crippen molar-refractivity contribution in [3.8, 4) is 5.75 Å². The van der Waals surface area contributed by atoms with Gasteiger partial charge in [0.15, 0.2) is 0 Å². The third-order valence-electron chi connectivity index (χ3n) is 8.77. The van der Waals surface area contributed by atoms with E-state index in [4.69, 9.17) is 9.47 Å². The Bertz CT molecular complexity index is 1370. The van der Waals surface area contributed by atoms with Crippen LogP contribution in [0.1, 0.15) is 61.5 Å². The molecule has 2 aromatic carbocycles. The van der Waals surface area contributed by atoms with Crippen LogP contribution in [0.15, 0.2) is 48.7 Å². The number of aromatic nitrogens is 1. The molecule has 7 nitrogen and oxygen atoms in total. The van der Waals surface area contributed by atoms with Gasteiger partial charge in [-0.2, -0.15) is 0 Å². The van der Waals surface area contributed by atoms with Crippen molar-refractivity contribution in [1.29, 1.82) is 0 Å². The molecule has 7 heteroatoms. The lowest BCUT2D eigenvalue weighted by Gasteiger charge is -2.51. The molecular weight excluding hydrogens is 478 g/mol. The molecule has 1 aromatic heterocycles. The highest BCUT2D eigenvalue weighted by atomic mass is 16.5. The highest BCUT2D eigenvalue weighted by molar-refractivity contribution is 6.05. The number of H-pyrrole nitrogens is 1. The first-order valence-electron chi connectivity index (χ1n) is 13.8. The Labute approximate surface area is 224 Å². The normalized spacial score (nSPS) is 22.3. The van der Waals surface area contributed by atoms with Crippen LogP contribution in [0.4, 0.5) is 0 Å². The summed E-state index contributed by atoms with van der Waals surface area (Å²) in [4.78, 5) is 33.2. The first-order chi connectivity index (χ1) is 18.2. The number of amides is 1. The number of hydrogen-bond acceptors (Lipinski definition) is 5. The van der Waals surface area contributed by atoms with Gasteiger partial charge in [0.05, 0.1) is 11.1 Å². The van der Waals surface area contributed by atoms with Crippen LogP contribution >= 0.6 is 0 Å². The second-order valence-electron chi connectivity index (χ2n) is 11.9. The van der Waals surface area contributed by atoms with Crippen molar-refractivity contribution in [2.75, 3.05) is 26.2 Å². The predicted octanol–water partition coefficient (Wildman–Crippen LogP) is 4.94. The van der Waals surface area contributed by atoms with Crippen LogP contribution in [0.3, 0.4) is 0 Å². The molecule has 1 amide bonds. The van der Waals surface area contributed by atoms with Crippen LogP contribution in [-0.2, 0) is 22.5 Å². The molecular formula is C31H37N3O4.